The minimum Gasteiger partial charge on any atom is -0.308 e. The average molecular weight is 296 g/mol. The van der Waals surface area contributed by atoms with Crippen molar-refractivity contribution in [3.8, 4) is 0 Å². The number of fused-ring (bicyclic) bond motifs is 1. The zero-order chi connectivity index (χ0) is 15.5. The van der Waals surface area contributed by atoms with Gasteiger partial charge in [0.2, 0.25) is 0 Å². The molecular formula is C15H12N4O3. The van der Waals surface area contributed by atoms with Crippen LogP contribution in [0.2, 0.25) is 0 Å². The summed E-state index contributed by atoms with van der Waals surface area (Å²) in [6.07, 6.45) is 0. The third-order valence-electron chi connectivity index (χ3n) is 3.11. The fourth-order valence-corrected chi connectivity index (χ4v) is 2.14. The number of aromatic nitrogens is 2. The third-order valence-corrected chi connectivity index (χ3v) is 3.11. The zero-order valence-corrected chi connectivity index (χ0v) is 11.3. The number of para-hydroxylation sites is 1. The number of nitrogens with one attached hydrogen (secondary N) is 4. The molecule has 7 heteroatoms. The van der Waals surface area contributed by atoms with Crippen molar-refractivity contribution in [1.29, 1.82) is 0 Å². The van der Waals surface area contributed by atoms with Gasteiger partial charge in [-0.25, -0.2) is 4.79 Å². The van der Waals surface area contributed by atoms with Gasteiger partial charge in [-0.3, -0.25) is 19.8 Å². The van der Waals surface area contributed by atoms with E-state index in [1.165, 1.54) is 6.07 Å². The number of aromatic amines is 2. The Hall–Kier alpha value is -3.35. The van der Waals surface area contributed by atoms with Crippen LogP contribution < -0.4 is 21.8 Å². The first-order chi connectivity index (χ1) is 10.6. The molecule has 0 fully saturated rings. The third kappa shape index (κ3) is 2.59. The van der Waals surface area contributed by atoms with Gasteiger partial charge >= 0.3 is 6.03 Å². The van der Waals surface area contributed by atoms with E-state index in [-0.39, 0.29) is 16.5 Å². The molecule has 0 aliphatic carbocycles. The molecule has 0 unspecified atom stereocenters. The van der Waals surface area contributed by atoms with E-state index in [1.807, 2.05) is 6.07 Å². The van der Waals surface area contributed by atoms with Gasteiger partial charge in [-0.05, 0) is 24.3 Å². The molecule has 0 saturated heterocycles. The highest BCUT2D eigenvalue weighted by Crippen LogP contribution is 2.17. The first-order valence-corrected chi connectivity index (χ1v) is 6.52. The maximum atomic E-state index is 12.0. The zero-order valence-electron chi connectivity index (χ0n) is 11.3. The van der Waals surface area contributed by atoms with Crippen LogP contribution >= 0.6 is 0 Å². The van der Waals surface area contributed by atoms with E-state index in [0.29, 0.717) is 5.69 Å². The first kappa shape index (κ1) is 13.6. The summed E-state index contributed by atoms with van der Waals surface area (Å²) in [6, 6.07) is 13.1. The lowest BCUT2D eigenvalue weighted by Crippen LogP contribution is -2.23. The molecule has 7 nitrogen and oxygen atoms in total. The summed E-state index contributed by atoms with van der Waals surface area (Å²) in [5.74, 6) is 0. The lowest BCUT2D eigenvalue weighted by Gasteiger charge is -2.09. The Bertz CT molecular complexity index is 944. The van der Waals surface area contributed by atoms with Crippen LogP contribution in [0, 0.1) is 0 Å². The van der Waals surface area contributed by atoms with E-state index in [2.05, 4.69) is 20.8 Å². The Balaban J connectivity index is 1.95. The van der Waals surface area contributed by atoms with Gasteiger partial charge in [0.25, 0.3) is 11.1 Å². The van der Waals surface area contributed by atoms with Crippen LogP contribution in [0.5, 0.6) is 0 Å². The second kappa shape index (κ2) is 5.57. The van der Waals surface area contributed by atoms with E-state index in [4.69, 9.17) is 0 Å². The van der Waals surface area contributed by atoms with Crippen LogP contribution in [0.15, 0.2) is 58.1 Å². The van der Waals surface area contributed by atoms with Gasteiger partial charge in [0.1, 0.15) is 0 Å². The average Bonchev–Trinajstić information content (AvgIpc) is 2.52. The van der Waals surface area contributed by atoms with Crippen LogP contribution in [-0.2, 0) is 0 Å². The minimum atomic E-state index is -0.501. The number of amides is 2. The highest BCUT2D eigenvalue weighted by molar-refractivity contribution is 6.05. The van der Waals surface area contributed by atoms with Gasteiger partial charge in [0, 0.05) is 5.69 Å². The molecule has 1 aromatic heterocycles. The molecule has 2 aromatic carbocycles. The molecule has 0 spiro atoms. The molecule has 0 saturated carbocycles. The highest BCUT2D eigenvalue weighted by Gasteiger charge is 2.10. The van der Waals surface area contributed by atoms with Crippen LogP contribution in [-0.4, -0.2) is 16.2 Å². The van der Waals surface area contributed by atoms with Crippen molar-refractivity contribution < 1.29 is 4.79 Å². The monoisotopic (exact) mass is 296 g/mol. The summed E-state index contributed by atoms with van der Waals surface area (Å²) in [6.45, 7) is 0. The lowest BCUT2D eigenvalue weighted by molar-refractivity contribution is 0.262. The van der Waals surface area contributed by atoms with Crippen LogP contribution in [0.4, 0.5) is 16.2 Å². The van der Waals surface area contributed by atoms with E-state index in [0.717, 1.165) is 0 Å². The topological polar surface area (TPSA) is 107 Å². The number of rotatable bonds is 2. The van der Waals surface area contributed by atoms with Crippen molar-refractivity contribution in [2.45, 2.75) is 0 Å². The summed E-state index contributed by atoms with van der Waals surface area (Å²) < 4.78 is 0. The number of carbonyl (C=O) groups is 1. The van der Waals surface area contributed by atoms with E-state index < -0.39 is 17.1 Å². The fourth-order valence-electron chi connectivity index (χ4n) is 2.14. The van der Waals surface area contributed by atoms with Crippen molar-refractivity contribution >= 4 is 28.2 Å². The smallest absolute Gasteiger partial charge is 0.308 e. The lowest BCUT2D eigenvalue weighted by atomic mass is 10.1. The van der Waals surface area contributed by atoms with Gasteiger partial charge in [0.15, 0.2) is 0 Å². The summed E-state index contributed by atoms with van der Waals surface area (Å²) >= 11 is 0. The summed E-state index contributed by atoms with van der Waals surface area (Å²) in [5.41, 5.74) is -0.0304. The van der Waals surface area contributed by atoms with Crippen molar-refractivity contribution in [2.75, 3.05) is 10.6 Å². The first-order valence-electron chi connectivity index (χ1n) is 6.52. The van der Waals surface area contributed by atoms with Gasteiger partial charge in [-0.1, -0.05) is 24.3 Å². The van der Waals surface area contributed by atoms with Gasteiger partial charge in [0.05, 0.1) is 16.5 Å². The van der Waals surface area contributed by atoms with E-state index in [9.17, 15) is 14.4 Å². The maximum Gasteiger partial charge on any atom is 0.323 e. The molecule has 0 aliphatic rings. The number of hydrogen-bond acceptors (Lipinski definition) is 3. The summed E-state index contributed by atoms with van der Waals surface area (Å²) in [4.78, 5) is 35.6. The number of benzene rings is 2. The maximum absolute atomic E-state index is 12.0. The van der Waals surface area contributed by atoms with Crippen molar-refractivity contribution in [3.05, 3.63) is 69.2 Å². The van der Waals surface area contributed by atoms with Crippen LogP contribution in [0.3, 0.4) is 0 Å². The SMILES string of the molecule is O=C(Nc1ccccc1)Nc1cccc2c(=O)[nH][nH]c(=O)c12. The molecule has 22 heavy (non-hydrogen) atoms. The largest absolute Gasteiger partial charge is 0.323 e. The van der Waals surface area contributed by atoms with Crippen LogP contribution in [0.25, 0.3) is 10.8 Å². The molecule has 0 radical (unpaired) electrons. The standard InChI is InChI=1S/C15H12N4O3/c20-13-10-7-4-8-11(12(10)14(21)19-18-13)17-15(22)16-9-5-2-1-3-6-9/h1-8H,(H,18,20)(H,19,21)(H2,16,17,22). The second-order valence-corrected chi connectivity index (χ2v) is 4.58. The number of carbonyl (C=O) groups excluding carboxylic acids is 1. The molecular weight excluding hydrogens is 284 g/mol. The van der Waals surface area contributed by atoms with Crippen molar-refractivity contribution in [2.24, 2.45) is 0 Å². The minimum absolute atomic E-state index is 0.134. The van der Waals surface area contributed by atoms with E-state index in [1.54, 1.807) is 36.4 Å². The molecule has 1 heterocycles. The molecule has 0 aliphatic heterocycles. The molecule has 110 valence electrons. The second-order valence-electron chi connectivity index (χ2n) is 4.58. The van der Waals surface area contributed by atoms with Crippen molar-refractivity contribution in [3.63, 3.8) is 0 Å². The molecule has 2 amide bonds. The Morgan fingerprint density at radius 3 is 2.32 bits per heavy atom. The number of hydrogen-bond donors (Lipinski definition) is 4. The van der Waals surface area contributed by atoms with Gasteiger partial charge in [-0.2, -0.15) is 0 Å². The Kier molecular flexibility index (Phi) is 3.45. The van der Waals surface area contributed by atoms with Crippen LogP contribution in [0.1, 0.15) is 0 Å². The Morgan fingerprint density at radius 1 is 0.818 bits per heavy atom. The number of H-pyrrole nitrogens is 2. The van der Waals surface area contributed by atoms with Gasteiger partial charge < -0.3 is 10.6 Å². The molecule has 3 rings (SSSR count). The highest BCUT2D eigenvalue weighted by atomic mass is 16.2. The number of anilines is 2. The summed E-state index contributed by atoms with van der Waals surface area (Å²) in [7, 11) is 0. The fraction of sp³-hybridized carbons (Fsp3) is 0. The predicted octanol–water partition coefficient (Wildman–Crippen LogP) is 1.86. The molecule has 0 atom stereocenters. The predicted molar refractivity (Wildman–Crippen MR) is 84.3 cm³/mol. The van der Waals surface area contributed by atoms with Crippen molar-refractivity contribution in [1.82, 2.24) is 10.2 Å². The quantitative estimate of drug-likeness (QED) is 0.579. The normalized spacial score (nSPS) is 10.4. The van der Waals surface area contributed by atoms with E-state index >= 15 is 0 Å². The Morgan fingerprint density at radius 2 is 1.55 bits per heavy atom. The summed E-state index contributed by atoms with van der Waals surface area (Å²) in [5, 5.41) is 10.0. The molecule has 4 N–H and O–H groups in total. The molecule has 0 bridgehead atoms. The van der Waals surface area contributed by atoms with Gasteiger partial charge in [-0.15, -0.1) is 0 Å². The molecule has 3 aromatic rings. The number of urea groups is 1. The Labute approximate surface area is 124 Å².